The Bertz CT molecular complexity index is 2680. The van der Waals surface area contributed by atoms with Gasteiger partial charge in [-0.25, -0.2) is 4.85 Å². The van der Waals surface area contributed by atoms with Gasteiger partial charge >= 0.3 is 0 Å². The van der Waals surface area contributed by atoms with Gasteiger partial charge in [0.15, 0.2) is 5.69 Å². The SMILES string of the molecule is [C-]#[N+]c1ccc2c(c1)-c1cc3ccc4cc(-c5cc(-c6cccc7cc(C)ccc67)cc(C(C)(C)C)c5)ccc4c3c3cccc-2c13. The summed E-state index contributed by atoms with van der Waals surface area (Å²) >= 11 is 0. The molecule has 8 aromatic carbocycles. The molecule has 0 amide bonds. The molecule has 0 saturated heterocycles. The average molecular weight is 600 g/mol. The van der Waals surface area contributed by atoms with Crippen LogP contribution in [-0.4, -0.2) is 0 Å². The molecule has 0 aliphatic heterocycles. The second-order valence-corrected chi connectivity index (χ2v) is 14.2. The van der Waals surface area contributed by atoms with Crippen LogP contribution in [0.4, 0.5) is 5.69 Å². The number of aryl methyl sites for hydroxylation is 1. The summed E-state index contributed by atoms with van der Waals surface area (Å²) in [6.45, 7) is 16.6. The summed E-state index contributed by atoms with van der Waals surface area (Å²) in [5.74, 6) is 0. The van der Waals surface area contributed by atoms with Crippen LogP contribution >= 0.6 is 0 Å². The lowest BCUT2D eigenvalue weighted by Crippen LogP contribution is -2.11. The van der Waals surface area contributed by atoms with Gasteiger partial charge in [0.1, 0.15) is 0 Å². The Morgan fingerprint density at radius 1 is 0.468 bits per heavy atom. The molecule has 1 aliphatic rings. The Morgan fingerprint density at radius 3 is 2.09 bits per heavy atom. The number of fused-ring (bicyclic) bond motifs is 8. The van der Waals surface area contributed by atoms with Gasteiger partial charge in [0.2, 0.25) is 0 Å². The first kappa shape index (κ1) is 27.6. The van der Waals surface area contributed by atoms with Gasteiger partial charge in [-0.15, -0.1) is 0 Å². The predicted octanol–water partition coefficient (Wildman–Crippen LogP) is 13.4. The summed E-state index contributed by atoms with van der Waals surface area (Å²) in [6, 6.07) is 47.2. The van der Waals surface area contributed by atoms with E-state index in [1.54, 1.807) is 0 Å². The second kappa shape index (κ2) is 9.89. The molecule has 1 heteroatoms. The topological polar surface area (TPSA) is 4.36 Å². The lowest BCUT2D eigenvalue weighted by atomic mass is 9.82. The van der Waals surface area contributed by atoms with Gasteiger partial charge in [-0.05, 0) is 130 Å². The van der Waals surface area contributed by atoms with Gasteiger partial charge in [0.05, 0.1) is 6.57 Å². The van der Waals surface area contributed by atoms with Crippen LogP contribution in [0, 0.1) is 13.5 Å². The van der Waals surface area contributed by atoms with E-state index in [9.17, 15) is 0 Å². The molecule has 1 aliphatic carbocycles. The number of hydrogen-bond donors (Lipinski definition) is 0. The van der Waals surface area contributed by atoms with E-state index in [2.05, 4.69) is 154 Å². The lowest BCUT2D eigenvalue weighted by molar-refractivity contribution is 0.591. The maximum absolute atomic E-state index is 7.58. The first-order valence-electron chi connectivity index (χ1n) is 16.4. The van der Waals surface area contributed by atoms with E-state index in [0.717, 1.165) is 5.56 Å². The Balaban J connectivity index is 1.25. The quantitative estimate of drug-likeness (QED) is 0.138. The van der Waals surface area contributed by atoms with Crippen LogP contribution in [0.15, 0.2) is 127 Å². The molecule has 1 nitrogen and oxygen atoms in total. The lowest BCUT2D eigenvalue weighted by Gasteiger charge is -2.22. The summed E-state index contributed by atoms with van der Waals surface area (Å²) in [4.78, 5) is 3.72. The fourth-order valence-electron chi connectivity index (χ4n) is 7.76. The minimum absolute atomic E-state index is 0.00663. The third kappa shape index (κ3) is 4.22. The van der Waals surface area contributed by atoms with Crippen LogP contribution in [0.5, 0.6) is 0 Å². The zero-order valence-corrected chi connectivity index (χ0v) is 27.1. The smallest absolute Gasteiger partial charge is 0.187 e. The third-order valence-electron chi connectivity index (χ3n) is 10.1. The molecular weight excluding hydrogens is 567 g/mol. The molecule has 0 heterocycles. The van der Waals surface area contributed by atoms with Crippen LogP contribution in [0.3, 0.4) is 0 Å². The van der Waals surface area contributed by atoms with E-state index >= 15 is 0 Å². The number of rotatable bonds is 2. The normalized spacial score (nSPS) is 12.2. The van der Waals surface area contributed by atoms with Crippen molar-refractivity contribution in [3.63, 3.8) is 0 Å². The van der Waals surface area contributed by atoms with Crippen molar-refractivity contribution >= 4 is 48.8 Å². The molecule has 0 bridgehead atoms. The highest BCUT2D eigenvalue weighted by atomic mass is 14.6. The zero-order chi connectivity index (χ0) is 32.0. The van der Waals surface area contributed by atoms with E-state index in [4.69, 9.17) is 6.57 Å². The van der Waals surface area contributed by atoms with Crippen LogP contribution < -0.4 is 0 Å². The summed E-state index contributed by atoms with van der Waals surface area (Å²) < 4.78 is 0. The summed E-state index contributed by atoms with van der Waals surface area (Å²) in [5.41, 5.74) is 13.2. The van der Waals surface area contributed by atoms with Crippen molar-refractivity contribution in [2.45, 2.75) is 33.1 Å². The number of nitrogens with zero attached hydrogens (tertiary/aromatic N) is 1. The van der Waals surface area contributed by atoms with Gasteiger partial charge < -0.3 is 0 Å². The first-order valence-corrected chi connectivity index (χ1v) is 16.4. The second-order valence-electron chi connectivity index (χ2n) is 14.2. The Labute approximate surface area is 275 Å². The van der Waals surface area contributed by atoms with Gasteiger partial charge in [-0.3, -0.25) is 0 Å². The van der Waals surface area contributed by atoms with Crippen molar-refractivity contribution in [2.24, 2.45) is 0 Å². The van der Waals surface area contributed by atoms with Crippen molar-refractivity contribution in [1.82, 2.24) is 0 Å². The Hall–Kier alpha value is -5.71. The van der Waals surface area contributed by atoms with Crippen LogP contribution in [0.1, 0.15) is 31.9 Å². The molecule has 0 radical (unpaired) electrons. The van der Waals surface area contributed by atoms with Crippen molar-refractivity contribution in [2.75, 3.05) is 0 Å². The first-order chi connectivity index (χ1) is 22.8. The molecule has 0 N–H and O–H groups in total. The van der Waals surface area contributed by atoms with Crippen molar-refractivity contribution in [3.05, 3.63) is 150 Å². The summed E-state index contributed by atoms with van der Waals surface area (Å²) in [7, 11) is 0. The standard InChI is InChI=1S/C46H33N/c1-27-12-17-37-29(20-27)8-6-9-36(37)33-22-32(23-34(24-33)46(2,3)4)28-15-18-38-30(21-28)13-14-31-25-43-42-26-35(47-5)16-19-39(42)40-10-7-11-41(44(31)38)45(40)43/h6-26H,1-4H3. The molecule has 9 rings (SSSR count). The van der Waals surface area contributed by atoms with Gasteiger partial charge in [-0.2, -0.15) is 0 Å². The Kier molecular flexibility index (Phi) is 5.81. The van der Waals surface area contributed by atoms with Gasteiger partial charge in [0.25, 0.3) is 0 Å². The van der Waals surface area contributed by atoms with E-state index in [-0.39, 0.29) is 5.41 Å². The highest BCUT2D eigenvalue weighted by molar-refractivity contribution is 6.29. The molecular formula is C46H33N. The molecule has 47 heavy (non-hydrogen) atoms. The number of hydrogen-bond acceptors (Lipinski definition) is 0. The van der Waals surface area contributed by atoms with E-state index in [1.165, 1.54) is 93.2 Å². The number of benzene rings is 8. The summed E-state index contributed by atoms with van der Waals surface area (Å²) in [6.07, 6.45) is 0. The maximum Gasteiger partial charge on any atom is 0.187 e. The van der Waals surface area contributed by atoms with Crippen molar-refractivity contribution in [1.29, 1.82) is 0 Å². The highest BCUT2D eigenvalue weighted by Gasteiger charge is 2.24. The molecule has 0 fully saturated rings. The third-order valence-corrected chi connectivity index (χ3v) is 10.1. The Morgan fingerprint density at radius 2 is 1.23 bits per heavy atom. The molecule has 222 valence electrons. The molecule has 0 aromatic heterocycles. The van der Waals surface area contributed by atoms with Gasteiger partial charge in [0, 0.05) is 0 Å². The minimum Gasteiger partial charge on any atom is -0.238 e. The maximum atomic E-state index is 7.58. The van der Waals surface area contributed by atoms with Gasteiger partial charge in [-0.1, -0.05) is 129 Å². The fourth-order valence-corrected chi connectivity index (χ4v) is 7.76. The molecule has 0 atom stereocenters. The fraction of sp³-hybridized carbons (Fsp3) is 0.109. The summed E-state index contributed by atoms with van der Waals surface area (Å²) in [5, 5.41) is 10.2. The highest BCUT2D eigenvalue weighted by Crippen LogP contribution is 2.51. The van der Waals surface area contributed by atoms with Crippen LogP contribution in [-0.2, 0) is 5.41 Å². The van der Waals surface area contributed by atoms with Crippen LogP contribution in [0.2, 0.25) is 0 Å². The van der Waals surface area contributed by atoms with E-state index < -0.39 is 0 Å². The van der Waals surface area contributed by atoms with E-state index in [1.807, 2.05) is 6.07 Å². The zero-order valence-electron chi connectivity index (χ0n) is 27.1. The monoisotopic (exact) mass is 599 g/mol. The van der Waals surface area contributed by atoms with Crippen LogP contribution in [0.25, 0.3) is 92.4 Å². The minimum atomic E-state index is 0.00663. The molecule has 8 aromatic rings. The van der Waals surface area contributed by atoms with E-state index in [0.29, 0.717) is 5.69 Å². The average Bonchev–Trinajstić information content (AvgIpc) is 3.40. The largest absolute Gasteiger partial charge is 0.238 e. The van der Waals surface area contributed by atoms with Crippen molar-refractivity contribution < 1.29 is 0 Å². The van der Waals surface area contributed by atoms with Crippen molar-refractivity contribution in [3.8, 4) is 44.5 Å². The molecule has 0 unspecified atom stereocenters. The molecule has 0 saturated carbocycles. The molecule has 0 spiro atoms. The predicted molar refractivity (Wildman–Crippen MR) is 201 cm³/mol.